The molecular formula is C12H8O4. The van der Waals surface area contributed by atoms with E-state index in [1.165, 1.54) is 6.08 Å². The number of hydrogen-bond donors (Lipinski definition) is 1. The average Bonchev–Trinajstić information content (AvgIpc) is 2.26. The van der Waals surface area contributed by atoms with Crippen LogP contribution in [0.1, 0.15) is 5.56 Å². The highest BCUT2D eigenvalue weighted by molar-refractivity contribution is 5.86. The zero-order valence-electron chi connectivity index (χ0n) is 8.21. The van der Waals surface area contributed by atoms with Crippen molar-refractivity contribution in [3.63, 3.8) is 0 Å². The lowest BCUT2D eigenvalue weighted by molar-refractivity contribution is -0.131. The largest absolute Gasteiger partial charge is 0.478 e. The van der Waals surface area contributed by atoms with Crippen LogP contribution in [0, 0.1) is 0 Å². The maximum absolute atomic E-state index is 11.4. The van der Waals surface area contributed by atoms with E-state index in [-0.39, 0.29) is 5.56 Å². The molecule has 0 aliphatic rings. The first-order valence-corrected chi connectivity index (χ1v) is 4.61. The van der Waals surface area contributed by atoms with Gasteiger partial charge in [0.25, 0.3) is 0 Å². The third kappa shape index (κ3) is 2.00. The SMILES string of the molecule is O=C(O)/C=C/c1cc2ccccc2oc1=O. The first-order valence-electron chi connectivity index (χ1n) is 4.61. The zero-order valence-corrected chi connectivity index (χ0v) is 8.21. The summed E-state index contributed by atoms with van der Waals surface area (Å²) >= 11 is 0. The van der Waals surface area contributed by atoms with Crippen molar-refractivity contribution in [2.45, 2.75) is 0 Å². The Balaban J connectivity index is 2.59. The number of benzene rings is 1. The molecular weight excluding hydrogens is 208 g/mol. The molecule has 0 fully saturated rings. The number of para-hydroxylation sites is 1. The summed E-state index contributed by atoms with van der Waals surface area (Å²) in [5.74, 6) is -1.10. The van der Waals surface area contributed by atoms with Crippen LogP contribution in [0.5, 0.6) is 0 Å². The molecule has 0 amide bonds. The predicted octanol–water partition coefficient (Wildman–Crippen LogP) is 1.89. The molecule has 0 spiro atoms. The summed E-state index contributed by atoms with van der Waals surface area (Å²) in [6.07, 6.45) is 2.13. The van der Waals surface area contributed by atoms with Crippen molar-refractivity contribution in [2.24, 2.45) is 0 Å². The molecule has 16 heavy (non-hydrogen) atoms. The van der Waals surface area contributed by atoms with E-state index in [2.05, 4.69) is 0 Å². The van der Waals surface area contributed by atoms with Crippen molar-refractivity contribution in [3.05, 3.63) is 52.4 Å². The van der Waals surface area contributed by atoms with Gasteiger partial charge < -0.3 is 9.52 Å². The van der Waals surface area contributed by atoms with Crippen LogP contribution in [0.4, 0.5) is 0 Å². The van der Waals surface area contributed by atoms with Crippen LogP contribution in [0.2, 0.25) is 0 Å². The summed E-state index contributed by atoms with van der Waals surface area (Å²) in [6, 6.07) is 8.64. The minimum atomic E-state index is -1.10. The molecule has 0 radical (unpaired) electrons. The number of carboxylic acid groups (broad SMARTS) is 1. The van der Waals surface area contributed by atoms with Gasteiger partial charge in [0.2, 0.25) is 0 Å². The molecule has 0 aliphatic heterocycles. The Kier molecular flexibility index (Phi) is 2.55. The topological polar surface area (TPSA) is 67.5 Å². The Labute approximate surface area is 90.4 Å². The minimum absolute atomic E-state index is 0.223. The maximum Gasteiger partial charge on any atom is 0.343 e. The second-order valence-corrected chi connectivity index (χ2v) is 3.20. The van der Waals surface area contributed by atoms with Gasteiger partial charge in [-0.3, -0.25) is 0 Å². The molecule has 2 rings (SSSR count). The van der Waals surface area contributed by atoms with E-state index in [9.17, 15) is 9.59 Å². The second-order valence-electron chi connectivity index (χ2n) is 3.20. The van der Waals surface area contributed by atoms with Gasteiger partial charge in [-0.05, 0) is 18.2 Å². The molecule has 0 unspecified atom stereocenters. The third-order valence-electron chi connectivity index (χ3n) is 2.07. The number of hydrogen-bond acceptors (Lipinski definition) is 3. The van der Waals surface area contributed by atoms with Gasteiger partial charge in [0.15, 0.2) is 0 Å². The van der Waals surface area contributed by atoms with Gasteiger partial charge in [-0.1, -0.05) is 18.2 Å². The predicted molar refractivity (Wildman–Crippen MR) is 59.2 cm³/mol. The van der Waals surface area contributed by atoms with Crippen molar-refractivity contribution in [1.82, 2.24) is 0 Å². The normalized spacial score (nSPS) is 11.0. The molecule has 1 aromatic carbocycles. The van der Waals surface area contributed by atoms with Crippen molar-refractivity contribution in [1.29, 1.82) is 0 Å². The lowest BCUT2D eigenvalue weighted by atomic mass is 10.2. The van der Waals surface area contributed by atoms with Gasteiger partial charge in [0.05, 0.1) is 5.56 Å². The van der Waals surface area contributed by atoms with Gasteiger partial charge in [-0.25, -0.2) is 9.59 Å². The van der Waals surface area contributed by atoms with E-state index in [0.717, 1.165) is 11.5 Å². The Morgan fingerprint density at radius 1 is 1.31 bits per heavy atom. The molecule has 4 nitrogen and oxygen atoms in total. The van der Waals surface area contributed by atoms with Crippen molar-refractivity contribution < 1.29 is 14.3 Å². The van der Waals surface area contributed by atoms with E-state index in [1.807, 2.05) is 6.07 Å². The minimum Gasteiger partial charge on any atom is -0.478 e. The molecule has 0 aliphatic carbocycles. The fourth-order valence-electron chi connectivity index (χ4n) is 1.36. The molecule has 80 valence electrons. The summed E-state index contributed by atoms with van der Waals surface area (Å²) in [5, 5.41) is 9.22. The lowest BCUT2D eigenvalue weighted by Crippen LogP contribution is -2.02. The van der Waals surface area contributed by atoms with E-state index in [1.54, 1.807) is 24.3 Å². The van der Waals surface area contributed by atoms with Crippen LogP contribution in [0.3, 0.4) is 0 Å². The first kappa shape index (κ1) is 10.2. The third-order valence-corrected chi connectivity index (χ3v) is 2.07. The molecule has 4 heteroatoms. The number of carboxylic acids is 1. The fraction of sp³-hybridized carbons (Fsp3) is 0. The highest BCUT2D eigenvalue weighted by Crippen LogP contribution is 2.12. The number of fused-ring (bicyclic) bond motifs is 1. The summed E-state index contributed by atoms with van der Waals surface area (Å²) in [5.41, 5.74) is 0.164. The van der Waals surface area contributed by atoms with Crippen LogP contribution in [0.25, 0.3) is 17.0 Å². The van der Waals surface area contributed by atoms with E-state index >= 15 is 0 Å². The van der Waals surface area contributed by atoms with Gasteiger partial charge >= 0.3 is 11.6 Å². The molecule has 0 atom stereocenters. The Bertz CT molecular complexity index is 622. The number of rotatable bonds is 2. The molecule has 2 aromatic rings. The number of aliphatic carboxylic acids is 1. The highest BCUT2D eigenvalue weighted by Gasteiger charge is 2.01. The molecule has 0 saturated carbocycles. The average molecular weight is 216 g/mol. The fourth-order valence-corrected chi connectivity index (χ4v) is 1.36. The molecule has 0 bridgehead atoms. The van der Waals surface area contributed by atoms with Crippen LogP contribution in [0.15, 0.2) is 45.6 Å². The maximum atomic E-state index is 11.4. The summed E-state index contributed by atoms with van der Waals surface area (Å²) in [6.45, 7) is 0. The van der Waals surface area contributed by atoms with Gasteiger partial charge in [0.1, 0.15) is 5.58 Å². The second kappa shape index (κ2) is 4.02. The van der Waals surface area contributed by atoms with E-state index in [0.29, 0.717) is 5.58 Å². The van der Waals surface area contributed by atoms with Crippen molar-refractivity contribution in [2.75, 3.05) is 0 Å². The van der Waals surface area contributed by atoms with Crippen LogP contribution in [-0.4, -0.2) is 11.1 Å². The Morgan fingerprint density at radius 3 is 2.81 bits per heavy atom. The number of carbonyl (C=O) groups is 1. The van der Waals surface area contributed by atoms with E-state index < -0.39 is 11.6 Å². The Hall–Kier alpha value is -2.36. The van der Waals surface area contributed by atoms with Crippen LogP contribution >= 0.6 is 0 Å². The first-order chi connectivity index (χ1) is 7.66. The van der Waals surface area contributed by atoms with Gasteiger partial charge in [0, 0.05) is 11.5 Å². The monoisotopic (exact) mass is 216 g/mol. The van der Waals surface area contributed by atoms with E-state index in [4.69, 9.17) is 9.52 Å². The highest BCUT2D eigenvalue weighted by atomic mass is 16.4. The summed E-state index contributed by atoms with van der Waals surface area (Å²) in [4.78, 5) is 21.8. The summed E-state index contributed by atoms with van der Waals surface area (Å²) in [7, 11) is 0. The molecule has 0 saturated heterocycles. The summed E-state index contributed by atoms with van der Waals surface area (Å²) < 4.78 is 5.03. The Morgan fingerprint density at radius 2 is 2.06 bits per heavy atom. The quantitative estimate of drug-likeness (QED) is 0.614. The lowest BCUT2D eigenvalue weighted by Gasteiger charge is -1.96. The molecule has 1 heterocycles. The van der Waals surface area contributed by atoms with Crippen LogP contribution < -0.4 is 5.63 Å². The van der Waals surface area contributed by atoms with Crippen molar-refractivity contribution in [3.8, 4) is 0 Å². The standard InChI is InChI=1S/C12H8O4/c13-11(14)6-5-9-7-8-3-1-2-4-10(8)16-12(9)15/h1-7H,(H,13,14)/b6-5+. The zero-order chi connectivity index (χ0) is 11.5. The smallest absolute Gasteiger partial charge is 0.343 e. The molecule has 1 N–H and O–H groups in total. The van der Waals surface area contributed by atoms with Crippen molar-refractivity contribution >= 4 is 23.0 Å². The van der Waals surface area contributed by atoms with Crippen LogP contribution in [-0.2, 0) is 4.79 Å². The van der Waals surface area contributed by atoms with Gasteiger partial charge in [-0.15, -0.1) is 0 Å². The molecule has 1 aromatic heterocycles. The van der Waals surface area contributed by atoms with Gasteiger partial charge in [-0.2, -0.15) is 0 Å².